The number of ether oxygens (including phenoxy) is 5. The molecule has 31 heteroatoms. The van der Waals surface area contributed by atoms with E-state index in [0.29, 0.717) is 144 Å². The van der Waals surface area contributed by atoms with Crippen molar-refractivity contribution < 1.29 is 72.6 Å². The number of nitro groups is 1. The Kier molecular flexibility index (Phi) is 28.3. The fourth-order valence-corrected chi connectivity index (χ4v) is 12.3. The first kappa shape index (κ1) is 80.9. The first-order chi connectivity index (χ1) is 52.9. The van der Waals surface area contributed by atoms with Crippen molar-refractivity contribution in [3.8, 4) is 39.7 Å². The van der Waals surface area contributed by atoms with Gasteiger partial charge in [-0.25, -0.2) is 9.37 Å². The van der Waals surface area contributed by atoms with E-state index in [4.69, 9.17) is 28.1 Å². The van der Waals surface area contributed by atoms with Crippen LogP contribution in [0.1, 0.15) is 76.9 Å². The number of nitrogens with one attached hydrogen (secondary N) is 3. The second-order valence-electron chi connectivity index (χ2n) is 27.3. The Morgan fingerprint density at radius 2 is 1.40 bits per heavy atom. The molecule has 6 atom stereocenters. The van der Waals surface area contributed by atoms with Gasteiger partial charge < -0.3 is 79.2 Å². The summed E-state index contributed by atoms with van der Waals surface area (Å²) in [5, 5.41) is 90.3. The van der Waals surface area contributed by atoms with E-state index in [9.17, 15) is 49.7 Å². The summed E-state index contributed by atoms with van der Waals surface area (Å²) in [7, 11) is 16.5. The maximum absolute atomic E-state index is 14.1. The number of unbranched alkanes of at least 4 members (excludes halogenated alkanes) is 2. The normalized spacial score (nSPS) is 16.0. The summed E-state index contributed by atoms with van der Waals surface area (Å²) >= 11 is 0. The first-order valence-electron chi connectivity index (χ1n) is 36.1. The maximum Gasteiger partial charge on any atom is 0.336 e. The number of aromatic carboxylic acids is 1. The standard InChI is InChI=1S/C79H93N15O16/c1-89(2)37-11-10-15-63(82-76(99)50-19-32-59(62(41-50)78(101)102)72-60-33-28-56(90(3)4)42-66(60)109-67-43-57(91(5)6)29-34-61(67)72)77(100)81-46-53-47-93(88-85-53)39-12-13-40-107-48-70-73(96)74(97)75(98)79(110-70)108-58-30-17-49(18-31-58)35-36-80-71(95)16-14-38-92(7)54-24-20-51(21-25-54)83-86-64-44-69(106-9)65(45-68(64)105-8)87-84-52-22-26-55(27-23-52)94(103)104/h17-34,41-45,47,63,70,73-75,79,96-98H,10-16,35-40,46,48H2,1-9H3,(H3-,80,81,82,95,99,100,101,102)/p+1/t63-,70-,73-,74+,75-,79-/m1/s1. The van der Waals surface area contributed by atoms with Gasteiger partial charge in [-0.1, -0.05) is 23.4 Å². The number of azo groups is 2. The molecule has 7 N–H and O–H groups in total. The van der Waals surface area contributed by atoms with Crippen LogP contribution >= 0.6 is 0 Å². The summed E-state index contributed by atoms with van der Waals surface area (Å²) in [6, 6.07) is 38.5. The highest BCUT2D eigenvalue weighted by molar-refractivity contribution is 6.09. The lowest BCUT2D eigenvalue weighted by atomic mass is 9.89. The summed E-state index contributed by atoms with van der Waals surface area (Å²) in [4.78, 5) is 70.6. The third kappa shape index (κ3) is 21.6. The number of anilines is 2. The van der Waals surface area contributed by atoms with Crippen LogP contribution in [0.2, 0.25) is 0 Å². The molecule has 31 nitrogen and oxygen atoms in total. The Balaban J connectivity index is 0.628. The van der Waals surface area contributed by atoms with E-state index in [1.54, 1.807) is 47.3 Å². The number of hydrogen-bond acceptors (Lipinski definition) is 24. The lowest BCUT2D eigenvalue weighted by molar-refractivity contribution is -0.384. The average molecular weight is 1510 g/mol. The molecule has 2 aliphatic heterocycles. The number of fused-ring (bicyclic) bond motifs is 2. The van der Waals surface area contributed by atoms with Gasteiger partial charge in [0.2, 0.25) is 23.5 Å². The van der Waals surface area contributed by atoms with E-state index in [-0.39, 0.29) is 42.5 Å². The number of nitrogens with zero attached hydrogens (tertiary/aromatic N) is 12. The van der Waals surface area contributed by atoms with Crippen molar-refractivity contribution in [2.24, 2.45) is 20.5 Å². The number of carboxylic acids is 1. The van der Waals surface area contributed by atoms with Crippen LogP contribution in [0.3, 0.4) is 0 Å². The van der Waals surface area contributed by atoms with E-state index in [2.05, 4.69) is 46.7 Å². The summed E-state index contributed by atoms with van der Waals surface area (Å²) in [5.74, 6) is -0.746. The monoisotopic (exact) mass is 1510 g/mol. The van der Waals surface area contributed by atoms with Crippen molar-refractivity contribution in [2.75, 3.05) is 106 Å². The molecule has 1 aromatic heterocycles. The molecule has 0 saturated carbocycles. The molecule has 0 spiro atoms. The minimum Gasteiger partial charge on any atom is -0.494 e. The van der Waals surface area contributed by atoms with Crippen molar-refractivity contribution in [1.29, 1.82) is 0 Å². The minimum absolute atomic E-state index is 0.0219. The molecule has 3 aliphatic rings. The summed E-state index contributed by atoms with van der Waals surface area (Å²) < 4.78 is 38.9. The highest BCUT2D eigenvalue weighted by Crippen LogP contribution is 2.44. The summed E-state index contributed by atoms with van der Waals surface area (Å²) in [5.41, 5.74) is 7.14. The SMILES string of the molecule is COc1cc(N=Nc2ccc([N+](=O)[O-])cc2)c(OC)cc1N=Nc1ccc(N(C)CCCC(=O)NCCc2ccc(O[C@@H]3O[C@H](COCCCCn4cc(CNC(=O)[C@@H](CCCCN(C)C)NC(=O)c5ccc(-c6c7ccc(=[N+](C)C)cc-7oc7cc(N(C)C)ccc67)c(C(=O)O)c5)nn4)[C@@H](O)[C@H](O)[C@H]3O)cc2)cc1. The number of carboxylic acid groups (broad SMARTS) is 1. The van der Waals surface area contributed by atoms with Crippen LogP contribution in [0.25, 0.3) is 33.4 Å². The Morgan fingerprint density at radius 3 is 2.05 bits per heavy atom. The van der Waals surface area contributed by atoms with Crippen LogP contribution in [-0.4, -0.2) is 202 Å². The first-order valence-corrected chi connectivity index (χ1v) is 36.1. The number of non-ortho nitro benzene ring substituents is 1. The topological polar surface area (TPSA) is 381 Å². The molecule has 3 heterocycles. The molecule has 0 bridgehead atoms. The molecule has 6 aromatic carbocycles. The second-order valence-corrected chi connectivity index (χ2v) is 27.3. The Morgan fingerprint density at radius 1 is 0.718 bits per heavy atom. The Bertz CT molecular complexity index is 4760. The van der Waals surface area contributed by atoms with Crippen LogP contribution in [0, 0.1) is 10.1 Å². The van der Waals surface area contributed by atoms with Gasteiger partial charge in [0.25, 0.3) is 11.6 Å². The van der Waals surface area contributed by atoms with Crippen molar-refractivity contribution in [1.82, 2.24) is 40.4 Å². The van der Waals surface area contributed by atoms with Crippen molar-refractivity contribution in [3.63, 3.8) is 0 Å². The zero-order valence-corrected chi connectivity index (χ0v) is 63.0. The second kappa shape index (κ2) is 38.5. The predicted octanol–water partition coefficient (Wildman–Crippen LogP) is 9.75. The highest BCUT2D eigenvalue weighted by Gasteiger charge is 2.45. The van der Waals surface area contributed by atoms with E-state index in [1.807, 2.05) is 141 Å². The maximum atomic E-state index is 14.1. The molecule has 3 amide bonds. The molecule has 7 aromatic rings. The number of methoxy groups -OCH3 is 2. The van der Waals surface area contributed by atoms with Gasteiger partial charge in [0.1, 0.15) is 90.2 Å². The van der Waals surface area contributed by atoms with Gasteiger partial charge in [-0.15, -0.1) is 15.3 Å². The molecule has 0 unspecified atom stereocenters. The van der Waals surface area contributed by atoms with Gasteiger partial charge in [0.15, 0.2) is 0 Å². The number of aliphatic hydroxyl groups excluding tert-OH is 3. The number of aryl methyl sites for hydroxylation is 1. The van der Waals surface area contributed by atoms with E-state index in [0.717, 1.165) is 35.3 Å². The van der Waals surface area contributed by atoms with Crippen LogP contribution in [0.4, 0.5) is 39.8 Å². The number of hydrogen-bond donors (Lipinski definition) is 7. The van der Waals surface area contributed by atoms with Gasteiger partial charge in [-0.2, -0.15) is 10.2 Å². The van der Waals surface area contributed by atoms with Crippen molar-refractivity contribution >= 4 is 74.5 Å². The number of amides is 3. The summed E-state index contributed by atoms with van der Waals surface area (Å²) in [6.45, 7) is 2.43. The number of carbonyl (C=O) groups is 4. The van der Waals surface area contributed by atoms with E-state index >= 15 is 0 Å². The molecule has 1 aliphatic carbocycles. The van der Waals surface area contributed by atoms with Crippen molar-refractivity contribution in [3.05, 3.63) is 184 Å². The van der Waals surface area contributed by atoms with Crippen molar-refractivity contribution in [2.45, 2.75) is 101 Å². The molecule has 110 heavy (non-hydrogen) atoms. The number of aliphatic hydroxyl groups is 3. The molecule has 1 saturated heterocycles. The average Bonchev–Trinajstić information content (AvgIpc) is 0.952. The molecule has 580 valence electrons. The summed E-state index contributed by atoms with van der Waals surface area (Å²) in [6.07, 6.45) is -0.897. The van der Waals surface area contributed by atoms with Crippen LogP contribution in [0.15, 0.2) is 171 Å². The van der Waals surface area contributed by atoms with Gasteiger partial charge in [-0.05, 0) is 156 Å². The Labute approximate surface area is 635 Å². The third-order valence-electron chi connectivity index (χ3n) is 18.6. The molecule has 10 rings (SSSR count). The van der Waals surface area contributed by atoms with Gasteiger partial charge >= 0.3 is 5.97 Å². The van der Waals surface area contributed by atoms with E-state index < -0.39 is 59.5 Å². The molecule has 1 fully saturated rings. The number of carbonyl (C=O) groups excluding carboxylic acids is 3. The van der Waals surface area contributed by atoms with Gasteiger partial charge in [-0.3, -0.25) is 29.2 Å². The molecular weight excluding hydrogens is 1410 g/mol. The van der Waals surface area contributed by atoms with Gasteiger partial charge in [0, 0.05) is 124 Å². The number of aromatic nitrogens is 3. The lowest BCUT2D eigenvalue weighted by Crippen LogP contribution is -2.60. The Hall–Kier alpha value is -11.6. The lowest BCUT2D eigenvalue weighted by Gasteiger charge is -2.40. The quantitative estimate of drug-likeness (QED) is 0.00475. The minimum atomic E-state index is -1.58. The number of nitro benzene ring substituents is 1. The third-order valence-corrected chi connectivity index (χ3v) is 18.6. The zero-order chi connectivity index (χ0) is 78.5. The van der Waals surface area contributed by atoms with Crippen LogP contribution < -0.4 is 49.9 Å². The highest BCUT2D eigenvalue weighted by atomic mass is 16.7. The molecular formula is C79H94N15O16+. The predicted molar refractivity (Wildman–Crippen MR) is 413 cm³/mol. The molecule has 0 radical (unpaired) electrons. The smallest absolute Gasteiger partial charge is 0.336 e. The van der Waals surface area contributed by atoms with E-state index in [1.165, 1.54) is 44.6 Å². The fraction of sp³-hybridized carbons (Fsp3) is 0.380. The van der Waals surface area contributed by atoms with Gasteiger partial charge in [0.05, 0.1) is 61.5 Å². The van der Waals surface area contributed by atoms with Crippen LogP contribution in [0.5, 0.6) is 17.2 Å². The number of rotatable bonds is 37. The largest absolute Gasteiger partial charge is 0.494 e. The van der Waals surface area contributed by atoms with Crippen LogP contribution in [-0.2, 0) is 38.6 Å². The number of benzene rings is 7. The fourth-order valence-electron chi connectivity index (χ4n) is 12.3. The zero-order valence-electron chi connectivity index (χ0n) is 63.0.